The second-order valence-electron chi connectivity index (χ2n) is 5.67. The minimum atomic E-state index is -0.488. The quantitative estimate of drug-likeness (QED) is 0.653. The Morgan fingerprint density at radius 3 is 2.69 bits per heavy atom. The van der Waals surface area contributed by atoms with Crippen molar-refractivity contribution in [2.75, 3.05) is 5.32 Å². The molecule has 0 bridgehead atoms. The van der Waals surface area contributed by atoms with Gasteiger partial charge >= 0.3 is 5.97 Å². The van der Waals surface area contributed by atoms with Crippen molar-refractivity contribution >= 4 is 29.2 Å². The smallest absolute Gasteiger partial charge is 0.338 e. The maximum atomic E-state index is 12.3. The van der Waals surface area contributed by atoms with Crippen LogP contribution in [0.25, 0.3) is 0 Å². The molecule has 0 spiro atoms. The molecule has 0 saturated carbocycles. The Morgan fingerprint density at radius 1 is 1.12 bits per heavy atom. The number of nitrogens with one attached hydrogen (secondary N) is 1. The number of carbonyl (C=O) groups is 2. The van der Waals surface area contributed by atoms with Gasteiger partial charge in [-0.2, -0.15) is 0 Å². The molecule has 0 aliphatic carbocycles. The van der Waals surface area contributed by atoms with Gasteiger partial charge in [0.25, 0.3) is 5.91 Å². The fourth-order valence-corrected chi connectivity index (χ4v) is 2.55. The highest BCUT2D eigenvalue weighted by Gasteiger charge is 2.14. The number of esters is 1. The van der Waals surface area contributed by atoms with E-state index in [0.717, 1.165) is 11.1 Å². The maximum absolute atomic E-state index is 12.3. The molecule has 1 aromatic heterocycles. The number of carbonyl (C=O) groups excluding carboxylic acids is 2. The number of hydrogen-bond acceptors (Lipinski definition) is 4. The summed E-state index contributed by atoms with van der Waals surface area (Å²) in [5.41, 5.74) is 2.47. The molecule has 0 unspecified atom stereocenters. The van der Waals surface area contributed by atoms with Gasteiger partial charge in [0.15, 0.2) is 5.76 Å². The highest BCUT2D eigenvalue weighted by Crippen LogP contribution is 2.19. The lowest BCUT2D eigenvalue weighted by Gasteiger charge is -2.10. The number of amides is 1. The molecule has 1 N–H and O–H groups in total. The highest BCUT2D eigenvalue weighted by atomic mass is 35.5. The third-order valence-electron chi connectivity index (χ3n) is 3.73. The Kier molecular flexibility index (Phi) is 5.39. The molecule has 26 heavy (non-hydrogen) atoms. The first-order chi connectivity index (χ1) is 12.5. The van der Waals surface area contributed by atoms with E-state index in [1.807, 2.05) is 13.0 Å². The van der Waals surface area contributed by atoms with Crippen LogP contribution in [0.15, 0.2) is 65.3 Å². The Balaban J connectivity index is 1.70. The molecule has 1 heterocycles. The fourth-order valence-electron chi connectivity index (χ4n) is 2.33. The zero-order valence-electron chi connectivity index (χ0n) is 14.0. The van der Waals surface area contributed by atoms with E-state index in [1.54, 1.807) is 48.5 Å². The molecule has 132 valence electrons. The number of halogens is 1. The van der Waals surface area contributed by atoms with Gasteiger partial charge < -0.3 is 14.5 Å². The van der Waals surface area contributed by atoms with Crippen LogP contribution < -0.4 is 5.32 Å². The number of anilines is 1. The van der Waals surface area contributed by atoms with E-state index < -0.39 is 5.97 Å². The molecule has 6 heteroatoms. The average Bonchev–Trinajstić information content (AvgIpc) is 3.16. The topological polar surface area (TPSA) is 68.5 Å². The summed E-state index contributed by atoms with van der Waals surface area (Å²) in [5.74, 6) is -0.681. The molecule has 0 saturated heterocycles. The Hall–Kier alpha value is -3.05. The van der Waals surface area contributed by atoms with E-state index in [-0.39, 0.29) is 18.3 Å². The lowest BCUT2D eigenvalue weighted by atomic mass is 10.1. The summed E-state index contributed by atoms with van der Waals surface area (Å²) in [4.78, 5) is 24.4. The van der Waals surface area contributed by atoms with Crippen LogP contribution in [0.1, 0.15) is 32.0 Å². The van der Waals surface area contributed by atoms with Crippen molar-refractivity contribution in [3.05, 3.63) is 88.3 Å². The van der Waals surface area contributed by atoms with Crippen LogP contribution >= 0.6 is 11.6 Å². The molecular formula is C20H16ClNO4. The zero-order chi connectivity index (χ0) is 18.5. The van der Waals surface area contributed by atoms with Crippen LogP contribution in [0.4, 0.5) is 5.69 Å². The number of rotatable bonds is 5. The van der Waals surface area contributed by atoms with E-state index in [1.165, 1.54) is 6.26 Å². The van der Waals surface area contributed by atoms with Gasteiger partial charge in [-0.1, -0.05) is 29.8 Å². The van der Waals surface area contributed by atoms with Crippen molar-refractivity contribution in [2.24, 2.45) is 0 Å². The Morgan fingerprint density at radius 2 is 1.96 bits per heavy atom. The lowest BCUT2D eigenvalue weighted by Crippen LogP contribution is -2.13. The van der Waals surface area contributed by atoms with Crippen LogP contribution in [0.5, 0.6) is 0 Å². The number of ether oxygens (including phenoxy) is 1. The highest BCUT2D eigenvalue weighted by molar-refractivity contribution is 6.30. The molecule has 1 amide bonds. The predicted octanol–water partition coefficient (Wildman–Crippen LogP) is 4.85. The summed E-state index contributed by atoms with van der Waals surface area (Å²) in [6.07, 6.45) is 1.42. The van der Waals surface area contributed by atoms with E-state index >= 15 is 0 Å². The van der Waals surface area contributed by atoms with Crippen LogP contribution in [0.3, 0.4) is 0 Å². The standard InChI is InChI=1S/C20H16ClNO4/c1-13-7-8-15(11-17(13)22-19(23)18-6-3-9-25-18)20(24)26-12-14-4-2-5-16(21)10-14/h2-11H,12H2,1H3,(H,22,23). The Labute approximate surface area is 155 Å². The van der Waals surface area contributed by atoms with Crippen molar-refractivity contribution in [2.45, 2.75) is 13.5 Å². The van der Waals surface area contributed by atoms with Crippen molar-refractivity contribution in [3.8, 4) is 0 Å². The molecule has 3 rings (SSSR count). The van der Waals surface area contributed by atoms with Gasteiger partial charge in [0.2, 0.25) is 0 Å². The Bertz CT molecular complexity index is 935. The monoisotopic (exact) mass is 369 g/mol. The van der Waals surface area contributed by atoms with E-state index in [2.05, 4.69) is 5.32 Å². The molecule has 3 aromatic rings. The average molecular weight is 370 g/mol. The summed E-state index contributed by atoms with van der Waals surface area (Å²) in [6.45, 7) is 1.94. The first kappa shape index (κ1) is 17.8. The van der Waals surface area contributed by atoms with E-state index in [0.29, 0.717) is 16.3 Å². The molecule has 0 radical (unpaired) electrons. The van der Waals surface area contributed by atoms with Gasteiger partial charge in [0.1, 0.15) is 6.61 Å². The van der Waals surface area contributed by atoms with Gasteiger partial charge in [0.05, 0.1) is 11.8 Å². The van der Waals surface area contributed by atoms with Crippen LogP contribution in [0.2, 0.25) is 5.02 Å². The first-order valence-corrected chi connectivity index (χ1v) is 8.28. The van der Waals surface area contributed by atoms with Gasteiger partial charge in [0, 0.05) is 10.7 Å². The first-order valence-electron chi connectivity index (χ1n) is 7.90. The van der Waals surface area contributed by atoms with Crippen molar-refractivity contribution in [3.63, 3.8) is 0 Å². The van der Waals surface area contributed by atoms with Crippen molar-refractivity contribution < 1.29 is 18.7 Å². The molecular weight excluding hydrogens is 354 g/mol. The lowest BCUT2D eigenvalue weighted by molar-refractivity contribution is 0.0472. The van der Waals surface area contributed by atoms with Gasteiger partial charge in [-0.05, 0) is 54.4 Å². The normalized spacial score (nSPS) is 10.4. The van der Waals surface area contributed by atoms with Gasteiger partial charge in [-0.3, -0.25) is 4.79 Å². The summed E-state index contributed by atoms with van der Waals surface area (Å²) in [6, 6.07) is 15.3. The zero-order valence-corrected chi connectivity index (χ0v) is 14.7. The van der Waals surface area contributed by atoms with Gasteiger partial charge in [-0.15, -0.1) is 0 Å². The van der Waals surface area contributed by atoms with Crippen LogP contribution in [-0.2, 0) is 11.3 Å². The molecule has 0 atom stereocenters. The fraction of sp³-hybridized carbons (Fsp3) is 0.100. The molecule has 5 nitrogen and oxygen atoms in total. The minimum absolute atomic E-state index is 0.112. The molecule has 2 aromatic carbocycles. The van der Waals surface area contributed by atoms with E-state index in [4.69, 9.17) is 20.8 Å². The largest absolute Gasteiger partial charge is 0.459 e. The second-order valence-corrected chi connectivity index (χ2v) is 6.10. The van der Waals surface area contributed by atoms with Crippen molar-refractivity contribution in [1.29, 1.82) is 0 Å². The summed E-state index contributed by atoms with van der Waals surface area (Å²) >= 11 is 5.92. The number of furan rings is 1. The number of aryl methyl sites for hydroxylation is 1. The van der Waals surface area contributed by atoms with Gasteiger partial charge in [-0.25, -0.2) is 4.79 Å². The number of benzene rings is 2. The summed E-state index contributed by atoms with van der Waals surface area (Å²) in [7, 11) is 0. The SMILES string of the molecule is Cc1ccc(C(=O)OCc2cccc(Cl)c2)cc1NC(=O)c1ccco1. The third kappa shape index (κ3) is 4.32. The predicted molar refractivity (Wildman–Crippen MR) is 98.4 cm³/mol. The second kappa shape index (κ2) is 7.89. The minimum Gasteiger partial charge on any atom is -0.459 e. The van der Waals surface area contributed by atoms with Crippen LogP contribution in [0, 0.1) is 6.92 Å². The third-order valence-corrected chi connectivity index (χ3v) is 3.96. The number of hydrogen-bond donors (Lipinski definition) is 1. The molecule has 0 aliphatic heterocycles. The molecule has 0 fully saturated rings. The van der Waals surface area contributed by atoms with Crippen molar-refractivity contribution in [1.82, 2.24) is 0 Å². The molecule has 0 aliphatic rings. The summed E-state index contributed by atoms with van der Waals surface area (Å²) in [5, 5.41) is 3.31. The van der Waals surface area contributed by atoms with Crippen LogP contribution in [-0.4, -0.2) is 11.9 Å². The maximum Gasteiger partial charge on any atom is 0.338 e. The van der Waals surface area contributed by atoms with E-state index in [9.17, 15) is 9.59 Å². The summed E-state index contributed by atoms with van der Waals surface area (Å²) < 4.78 is 10.4.